The Morgan fingerprint density at radius 3 is 2.68 bits per heavy atom. The summed E-state index contributed by atoms with van der Waals surface area (Å²) >= 11 is 0. The van der Waals surface area contributed by atoms with Crippen molar-refractivity contribution >= 4 is 22.5 Å². The lowest BCUT2D eigenvalue weighted by Crippen LogP contribution is -2.30. The van der Waals surface area contributed by atoms with E-state index in [4.69, 9.17) is 0 Å². The number of nitrogens with one attached hydrogen (secondary N) is 1. The molecule has 110 valence electrons. The SMILES string of the molecule is O=C(Cn1nnc2ccccc2c1=O)Nc1ccccc1O. The molecule has 0 atom stereocenters. The number of anilines is 1. The number of phenols is 1. The monoisotopic (exact) mass is 296 g/mol. The Morgan fingerprint density at radius 2 is 1.86 bits per heavy atom. The number of nitrogens with zero attached hydrogens (tertiary/aromatic N) is 3. The van der Waals surface area contributed by atoms with Crippen LogP contribution in [0.3, 0.4) is 0 Å². The van der Waals surface area contributed by atoms with Crippen molar-refractivity contribution in [3.05, 3.63) is 58.9 Å². The zero-order valence-electron chi connectivity index (χ0n) is 11.4. The minimum absolute atomic E-state index is 0.0483. The van der Waals surface area contributed by atoms with Crippen LogP contribution < -0.4 is 10.9 Å². The molecule has 0 aliphatic heterocycles. The molecule has 0 saturated heterocycles. The Bertz CT molecular complexity index is 904. The van der Waals surface area contributed by atoms with E-state index in [1.54, 1.807) is 42.5 Å². The molecule has 7 nitrogen and oxygen atoms in total. The van der Waals surface area contributed by atoms with Crippen LogP contribution in [0.1, 0.15) is 0 Å². The number of carbonyl (C=O) groups is 1. The third-order valence-corrected chi connectivity index (χ3v) is 3.10. The van der Waals surface area contributed by atoms with E-state index in [0.29, 0.717) is 10.9 Å². The molecule has 1 heterocycles. The third-order valence-electron chi connectivity index (χ3n) is 3.10. The predicted molar refractivity (Wildman–Crippen MR) is 80.5 cm³/mol. The van der Waals surface area contributed by atoms with Crippen LogP contribution in [0.4, 0.5) is 5.69 Å². The van der Waals surface area contributed by atoms with Gasteiger partial charge in [0.25, 0.3) is 5.56 Å². The Morgan fingerprint density at radius 1 is 1.14 bits per heavy atom. The molecule has 0 spiro atoms. The maximum absolute atomic E-state index is 12.2. The summed E-state index contributed by atoms with van der Waals surface area (Å²) in [5.74, 6) is -0.527. The maximum atomic E-state index is 12.2. The summed E-state index contributed by atoms with van der Waals surface area (Å²) in [5, 5.41) is 20.2. The number of para-hydroxylation sites is 2. The molecule has 7 heteroatoms. The molecular weight excluding hydrogens is 284 g/mol. The number of phenolic OH excluding ortho intramolecular Hbond substituents is 1. The molecule has 0 aliphatic rings. The number of hydrogen-bond donors (Lipinski definition) is 2. The molecule has 3 aromatic rings. The molecule has 1 aromatic heterocycles. The van der Waals surface area contributed by atoms with E-state index in [1.165, 1.54) is 6.07 Å². The molecule has 0 aliphatic carbocycles. The second-order valence-corrected chi connectivity index (χ2v) is 4.63. The van der Waals surface area contributed by atoms with Gasteiger partial charge in [-0.1, -0.05) is 29.5 Å². The van der Waals surface area contributed by atoms with Gasteiger partial charge in [0, 0.05) is 0 Å². The summed E-state index contributed by atoms with van der Waals surface area (Å²) in [4.78, 5) is 24.2. The van der Waals surface area contributed by atoms with Gasteiger partial charge >= 0.3 is 0 Å². The average molecular weight is 296 g/mol. The van der Waals surface area contributed by atoms with Crippen molar-refractivity contribution in [3.8, 4) is 5.75 Å². The Balaban J connectivity index is 1.84. The number of benzene rings is 2. The summed E-state index contributed by atoms with van der Waals surface area (Å²) in [6, 6.07) is 13.1. The van der Waals surface area contributed by atoms with Gasteiger partial charge in [0.05, 0.1) is 11.1 Å². The van der Waals surface area contributed by atoms with Crippen LogP contribution in [-0.4, -0.2) is 26.0 Å². The first-order chi connectivity index (χ1) is 10.6. The first-order valence-electron chi connectivity index (χ1n) is 6.55. The van der Waals surface area contributed by atoms with E-state index in [1.807, 2.05) is 0 Å². The maximum Gasteiger partial charge on any atom is 0.278 e. The van der Waals surface area contributed by atoms with E-state index < -0.39 is 11.5 Å². The molecule has 0 bridgehead atoms. The minimum Gasteiger partial charge on any atom is -0.506 e. The number of amides is 1. The van der Waals surface area contributed by atoms with E-state index >= 15 is 0 Å². The topological polar surface area (TPSA) is 97.1 Å². The lowest BCUT2D eigenvalue weighted by molar-refractivity contribution is -0.117. The van der Waals surface area contributed by atoms with Crippen LogP contribution in [0.2, 0.25) is 0 Å². The van der Waals surface area contributed by atoms with Crippen LogP contribution in [0.25, 0.3) is 10.9 Å². The second kappa shape index (κ2) is 5.65. The van der Waals surface area contributed by atoms with Crippen LogP contribution >= 0.6 is 0 Å². The summed E-state index contributed by atoms with van der Waals surface area (Å²) in [6.07, 6.45) is 0. The normalized spacial score (nSPS) is 10.5. The van der Waals surface area contributed by atoms with Gasteiger partial charge in [-0.15, -0.1) is 5.10 Å². The summed E-state index contributed by atoms with van der Waals surface area (Å²) in [7, 11) is 0. The van der Waals surface area contributed by atoms with E-state index in [2.05, 4.69) is 15.6 Å². The molecule has 0 fully saturated rings. The number of hydrogen-bond acceptors (Lipinski definition) is 5. The van der Waals surface area contributed by atoms with Gasteiger partial charge in [0.1, 0.15) is 17.8 Å². The van der Waals surface area contributed by atoms with E-state index in [9.17, 15) is 14.7 Å². The van der Waals surface area contributed by atoms with Crippen LogP contribution in [-0.2, 0) is 11.3 Å². The fourth-order valence-corrected chi connectivity index (χ4v) is 2.03. The minimum atomic E-state index is -0.479. The highest BCUT2D eigenvalue weighted by Crippen LogP contribution is 2.21. The Labute approximate surface area is 124 Å². The first kappa shape index (κ1) is 13.7. The molecule has 0 saturated carbocycles. The van der Waals surface area contributed by atoms with Crippen LogP contribution in [0, 0.1) is 0 Å². The molecule has 3 rings (SSSR count). The summed E-state index contributed by atoms with van der Waals surface area (Å²) in [5.41, 5.74) is 0.359. The molecule has 2 aromatic carbocycles. The summed E-state index contributed by atoms with van der Waals surface area (Å²) in [6.45, 7) is -0.287. The van der Waals surface area contributed by atoms with Crippen molar-refractivity contribution in [2.45, 2.75) is 6.54 Å². The Hall–Kier alpha value is -3.22. The van der Waals surface area contributed by atoms with Gasteiger partial charge in [-0.3, -0.25) is 9.59 Å². The van der Waals surface area contributed by atoms with Gasteiger partial charge in [-0.05, 0) is 24.3 Å². The molecular formula is C15H12N4O3. The zero-order chi connectivity index (χ0) is 15.5. The standard InChI is InChI=1S/C15H12N4O3/c20-13-8-4-3-7-12(13)16-14(21)9-19-15(22)10-5-1-2-6-11(10)17-18-19/h1-8,20H,9H2,(H,16,21). The highest BCUT2D eigenvalue weighted by atomic mass is 16.3. The fraction of sp³-hybridized carbons (Fsp3) is 0.0667. The molecule has 0 radical (unpaired) electrons. The molecule has 22 heavy (non-hydrogen) atoms. The highest BCUT2D eigenvalue weighted by Gasteiger charge is 2.10. The number of aromatic nitrogens is 3. The second-order valence-electron chi connectivity index (χ2n) is 4.63. The van der Waals surface area contributed by atoms with Gasteiger partial charge in [-0.2, -0.15) is 0 Å². The van der Waals surface area contributed by atoms with Gasteiger partial charge < -0.3 is 10.4 Å². The third kappa shape index (κ3) is 2.64. The average Bonchev–Trinajstić information content (AvgIpc) is 2.53. The van der Waals surface area contributed by atoms with Crippen molar-refractivity contribution in [3.63, 3.8) is 0 Å². The number of aromatic hydroxyl groups is 1. The zero-order valence-corrected chi connectivity index (χ0v) is 11.4. The quantitative estimate of drug-likeness (QED) is 0.706. The van der Waals surface area contributed by atoms with Gasteiger partial charge in [0.2, 0.25) is 5.91 Å². The van der Waals surface area contributed by atoms with Gasteiger partial charge in [0.15, 0.2) is 0 Å². The van der Waals surface area contributed by atoms with Gasteiger partial charge in [-0.25, -0.2) is 4.68 Å². The fourth-order valence-electron chi connectivity index (χ4n) is 2.03. The largest absolute Gasteiger partial charge is 0.506 e. The van der Waals surface area contributed by atoms with Crippen molar-refractivity contribution in [2.75, 3.05) is 5.32 Å². The summed E-state index contributed by atoms with van der Waals surface area (Å²) < 4.78 is 0.984. The lowest BCUT2D eigenvalue weighted by atomic mass is 10.2. The first-order valence-corrected chi connectivity index (χ1v) is 6.55. The van der Waals surface area contributed by atoms with Crippen molar-refractivity contribution in [2.24, 2.45) is 0 Å². The molecule has 2 N–H and O–H groups in total. The predicted octanol–water partition coefficient (Wildman–Crippen LogP) is 1.14. The van der Waals surface area contributed by atoms with Crippen molar-refractivity contribution in [1.82, 2.24) is 15.0 Å². The lowest BCUT2D eigenvalue weighted by Gasteiger charge is -2.07. The Kier molecular flexibility index (Phi) is 3.53. The number of carbonyl (C=O) groups excluding carboxylic acids is 1. The van der Waals surface area contributed by atoms with E-state index in [-0.39, 0.29) is 18.0 Å². The van der Waals surface area contributed by atoms with Crippen LogP contribution in [0.15, 0.2) is 53.3 Å². The smallest absolute Gasteiger partial charge is 0.278 e. The van der Waals surface area contributed by atoms with Crippen molar-refractivity contribution < 1.29 is 9.90 Å². The van der Waals surface area contributed by atoms with Crippen LogP contribution in [0.5, 0.6) is 5.75 Å². The van der Waals surface area contributed by atoms with E-state index in [0.717, 1.165) is 4.68 Å². The highest BCUT2D eigenvalue weighted by molar-refractivity contribution is 5.92. The molecule has 1 amide bonds. The van der Waals surface area contributed by atoms with Crippen molar-refractivity contribution in [1.29, 1.82) is 0 Å². The number of rotatable bonds is 3. The number of fused-ring (bicyclic) bond motifs is 1. The molecule has 0 unspecified atom stereocenters.